The molecule has 0 amide bonds. The molecule has 0 aromatic heterocycles. The molecule has 0 aliphatic heterocycles. The van der Waals surface area contributed by atoms with Crippen LogP contribution in [0.15, 0.2) is 42.5 Å². The molecule has 1 aromatic rings. The van der Waals surface area contributed by atoms with E-state index >= 15 is 0 Å². The molecular formula is C16H21NO. The molecule has 1 aromatic carbocycles. The van der Waals surface area contributed by atoms with Crippen LogP contribution in [-0.2, 0) is 11.3 Å². The molecule has 0 N–H and O–H groups in total. The maximum Gasteiger partial charge on any atom is 0.0750 e. The Morgan fingerprint density at radius 1 is 1.39 bits per heavy atom. The third-order valence-corrected chi connectivity index (χ3v) is 3.39. The van der Waals surface area contributed by atoms with Crippen molar-refractivity contribution in [2.24, 2.45) is 5.41 Å². The highest BCUT2D eigenvalue weighted by atomic mass is 16.5. The van der Waals surface area contributed by atoms with Crippen molar-refractivity contribution in [1.29, 1.82) is 5.26 Å². The van der Waals surface area contributed by atoms with Crippen LogP contribution in [0, 0.1) is 16.7 Å². The summed E-state index contributed by atoms with van der Waals surface area (Å²) in [5, 5.41) is 9.14. The lowest BCUT2D eigenvalue weighted by Gasteiger charge is -2.22. The minimum Gasteiger partial charge on any atom is -0.376 e. The second-order valence-electron chi connectivity index (χ2n) is 4.69. The minimum absolute atomic E-state index is 0.421. The molecule has 0 bridgehead atoms. The number of hydrogen-bond donors (Lipinski definition) is 0. The third-order valence-electron chi connectivity index (χ3n) is 3.39. The Morgan fingerprint density at radius 3 is 2.61 bits per heavy atom. The number of nitrogens with zero attached hydrogens (tertiary/aromatic N) is 1. The zero-order valence-electron chi connectivity index (χ0n) is 11.3. The van der Waals surface area contributed by atoms with E-state index in [1.54, 1.807) is 0 Å². The summed E-state index contributed by atoms with van der Waals surface area (Å²) in [4.78, 5) is 0. The highest BCUT2D eigenvalue weighted by Gasteiger charge is 2.24. The fourth-order valence-electron chi connectivity index (χ4n) is 1.64. The van der Waals surface area contributed by atoms with Crippen molar-refractivity contribution in [3.8, 4) is 6.07 Å². The smallest absolute Gasteiger partial charge is 0.0750 e. The van der Waals surface area contributed by atoms with Gasteiger partial charge in [0.15, 0.2) is 0 Å². The van der Waals surface area contributed by atoms with Crippen LogP contribution in [0.5, 0.6) is 0 Å². The van der Waals surface area contributed by atoms with Crippen LogP contribution in [0.25, 0.3) is 0 Å². The summed E-state index contributed by atoms with van der Waals surface area (Å²) < 4.78 is 5.60. The molecule has 0 saturated carbocycles. The molecule has 2 nitrogen and oxygen atoms in total. The lowest BCUT2D eigenvalue weighted by molar-refractivity contribution is 0.121. The first-order valence-electron chi connectivity index (χ1n) is 6.33. The Balaban J connectivity index is 2.31. The van der Waals surface area contributed by atoms with Crippen molar-refractivity contribution in [3.05, 3.63) is 48.0 Å². The highest BCUT2D eigenvalue weighted by molar-refractivity contribution is 5.18. The van der Waals surface area contributed by atoms with Gasteiger partial charge in [0, 0.05) is 0 Å². The largest absolute Gasteiger partial charge is 0.376 e. The van der Waals surface area contributed by atoms with E-state index < -0.39 is 5.41 Å². The van der Waals surface area contributed by atoms with Gasteiger partial charge < -0.3 is 4.74 Å². The van der Waals surface area contributed by atoms with Crippen LogP contribution in [-0.4, -0.2) is 6.61 Å². The van der Waals surface area contributed by atoms with Gasteiger partial charge in [0.1, 0.15) is 0 Å². The normalized spacial score (nSPS) is 13.6. The number of ether oxygens (including phenoxy) is 1. The maximum absolute atomic E-state index is 9.14. The van der Waals surface area contributed by atoms with Crippen molar-refractivity contribution < 1.29 is 4.74 Å². The predicted octanol–water partition coefficient (Wildman–Crippen LogP) is 4.09. The quantitative estimate of drug-likeness (QED) is 0.534. The minimum atomic E-state index is -0.421. The fourth-order valence-corrected chi connectivity index (χ4v) is 1.64. The van der Waals surface area contributed by atoms with Gasteiger partial charge in [-0.05, 0) is 25.3 Å². The summed E-state index contributed by atoms with van der Waals surface area (Å²) in [6, 6.07) is 12.4. The molecule has 2 heteroatoms. The average molecular weight is 243 g/mol. The fraction of sp³-hybridized carbons (Fsp3) is 0.438. The van der Waals surface area contributed by atoms with E-state index in [-0.39, 0.29) is 0 Å². The molecule has 96 valence electrons. The van der Waals surface area contributed by atoms with Gasteiger partial charge in [-0.1, -0.05) is 49.4 Å². The van der Waals surface area contributed by atoms with E-state index in [0.29, 0.717) is 13.2 Å². The summed E-state index contributed by atoms with van der Waals surface area (Å²) >= 11 is 0. The molecular weight excluding hydrogens is 222 g/mol. The Labute approximate surface area is 110 Å². The van der Waals surface area contributed by atoms with Gasteiger partial charge in [-0.3, -0.25) is 0 Å². The van der Waals surface area contributed by atoms with Crippen LogP contribution in [0.4, 0.5) is 0 Å². The summed E-state index contributed by atoms with van der Waals surface area (Å²) in [6.07, 6.45) is 1.53. The lowest BCUT2D eigenvalue weighted by atomic mass is 9.80. The van der Waals surface area contributed by atoms with Crippen molar-refractivity contribution in [2.45, 2.75) is 33.3 Å². The van der Waals surface area contributed by atoms with Gasteiger partial charge in [-0.15, -0.1) is 0 Å². The van der Waals surface area contributed by atoms with Gasteiger partial charge in [-0.25, -0.2) is 0 Å². The van der Waals surface area contributed by atoms with Crippen LogP contribution < -0.4 is 0 Å². The first-order valence-corrected chi connectivity index (χ1v) is 6.33. The van der Waals surface area contributed by atoms with Gasteiger partial charge in [0.05, 0.1) is 24.7 Å². The first kappa shape index (κ1) is 14.5. The van der Waals surface area contributed by atoms with E-state index in [9.17, 15) is 0 Å². The van der Waals surface area contributed by atoms with Crippen molar-refractivity contribution >= 4 is 0 Å². The third kappa shape index (κ3) is 4.01. The number of rotatable bonds is 7. The highest BCUT2D eigenvalue weighted by Crippen LogP contribution is 2.30. The predicted molar refractivity (Wildman–Crippen MR) is 73.9 cm³/mol. The molecule has 0 saturated heterocycles. The summed E-state index contributed by atoms with van der Waals surface area (Å²) in [6.45, 7) is 9.19. The molecule has 0 aliphatic rings. The van der Waals surface area contributed by atoms with Gasteiger partial charge >= 0.3 is 0 Å². The lowest BCUT2D eigenvalue weighted by Crippen LogP contribution is -2.16. The summed E-state index contributed by atoms with van der Waals surface area (Å²) in [5.41, 5.74) is 1.71. The Hall–Kier alpha value is -1.59. The number of nitriles is 1. The van der Waals surface area contributed by atoms with E-state index in [1.807, 2.05) is 44.2 Å². The van der Waals surface area contributed by atoms with E-state index in [4.69, 9.17) is 10.00 Å². The molecule has 0 spiro atoms. The standard InChI is InChI=1S/C16H21NO/c1-4-16(3,13-17)14(2)10-11-18-12-15-8-6-5-7-9-15/h5-9H,2,4,10-12H2,1,3H3. The molecule has 18 heavy (non-hydrogen) atoms. The Bertz CT molecular complexity index is 418. The monoisotopic (exact) mass is 243 g/mol. The zero-order valence-corrected chi connectivity index (χ0v) is 11.3. The Morgan fingerprint density at radius 2 is 2.06 bits per heavy atom. The average Bonchev–Trinajstić information content (AvgIpc) is 2.43. The second kappa shape index (κ2) is 6.98. The van der Waals surface area contributed by atoms with Crippen molar-refractivity contribution in [2.75, 3.05) is 6.61 Å². The van der Waals surface area contributed by atoms with Crippen molar-refractivity contribution in [3.63, 3.8) is 0 Å². The summed E-state index contributed by atoms with van der Waals surface area (Å²) in [5.74, 6) is 0. The summed E-state index contributed by atoms with van der Waals surface area (Å²) in [7, 11) is 0. The molecule has 1 atom stereocenters. The molecule has 0 heterocycles. The van der Waals surface area contributed by atoms with E-state index in [2.05, 4.69) is 12.6 Å². The first-order chi connectivity index (χ1) is 8.62. The van der Waals surface area contributed by atoms with Crippen LogP contribution in [0.1, 0.15) is 32.3 Å². The van der Waals surface area contributed by atoms with Gasteiger partial charge in [0.2, 0.25) is 0 Å². The topological polar surface area (TPSA) is 33.0 Å². The van der Waals surface area contributed by atoms with Crippen LogP contribution >= 0.6 is 0 Å². The second-order valence-corrected chi connectivity index (χ2v) is 4.69. The van der Waals surface area contributed by atoms with Crippen molar-refractivity contribution in [1.82, 2.24) is 0 Å². The Kier molecular flexibility index (Phi) is 5.61. The maximum atomic E-state index is 9.14. The number of benzene rings is 1. The van der Waals surface area contributed by atoms with Gasteiger partial charge in [0.25, 0.3) is 0 Å². The van der Waals surface area contributed by atoms with E-state index in [0.717, 1.165) is 18.4 Å². The van der Waals surface area contributed by atoms with Crippen LogP contribution in [0.3, 0.4) is 0 Å². The van der Waals surface area contributed by atoms with E-state index in [1.165, 1.54) is 5.56 Å². The molecule has 0 fully saturated rings. The number of hydrogen-bond acceptors (Lipinski definition) is 2. The zero-order chi connectivity index (χ0) is 13.4. The molecule has 0 radical (unpaired) electrons. The molecule has 1 unspecified atom stereocenters. The van der Waals surface area contributed by atoms with Crippen LogP contribution in [0.2, 0.25) is 0 Å². The SMILES string of the molecule is C=C(CCOCc1ccccc1)C(C)(C#N)CC. The van der Waals surface area contributed by atoms with Gasteiger partial charge in [-0.2, -0.15) is 5.26 Å². The molecule has 1 rings (SSSR count). The molecule has 0 aliphatic carbocycles.